The molecule has 0 bridgehead atoms. The van der Waals surface area contributed by atoms with E-state index in [2.05, 4.69) is 25.7 Å². The van der Waals surface area contributed by atoms with Crippen molar-refractivity contribution in [2.45, 2.75) is 122 Å². The highest BCUT2D eigenvalue weighted by Gasteiger charge is 2.37. The molecule has 1 aromatic heterocycles. The first-order valence-electron chi connectivity index (χ1n) is 17.6. The van der Waals surface area contributed by atoms with Gasteiger partial charge in [-0.25, -0.2) is 22.9 Å². The fraction of sp³-hybridized carbons (Fsp3) is 0.541. The van der Waals surface area contributed by atoms with Crippen LogP contribution in [-0.2, 0) is 26.0 Å². The Morgan fingerprint density at radius 3 is 2.50 bits per heavy atom. The van der Waals surface area contributed by atoms with E-state index in [4.69, 9.17) is 14.9 Å². The fourth-order valence-electron chi connectivity index (χ4n) is 6.90. The van der Waals surface area contributed by atoms with Crippen molar-refractivity contribution in [3.8, 4) is 5.75 Å². The maximum atomic E-state index is 13.8. The lowest BCUT2D eigenvalue weighted by molar-refractivity contribution is -0.125. The summed E-state index contributed by atoms with van der Waals surface area (Å²) in [6, 6.07) is 6.29. The first kappa shape index (κ1) is 39.0. The molecule has 2 amide bonds. The van der Waals surface area contributed by atoms with Gasteiger partial charge >= 0.3 is 6.09 Å². The predicted octanol–water partition coefficient (Wildman–Crippen LogP) is 5.58. The molecule has 0 radical (unpaired) electrons. The van der Waals surface area contributed by atoms with Crippen molar-refractivity contribution in [2.24, 2.45) is 5.92 Å². The Morgan fingerprint density at radius 1 is 1.10 bits per heavy atom. The summed E-state index contributed by atoms with van der Waals surface area (Å²) >= 11 is 1.26. The fourth-order valence-corrected chi connectivity index (χ4v) is 9.38. The van der Waals surface area contributed by atoms with Crippen molar-refractivity contribution < 1.29 is 32.3 Å². The number of carbonyl (C=O) groups excluding carboxylic acids is 3. The molecule has 2 aliphatic rings. The van der Waals surface area contributed by atoms with Gasteiger partial charge in [-0.05, 0) is 116 Å². The zero-order valence-electron chi connectivity index (χ0n) is 31.1. The van der Waals surface area contributed by atoms with Gasteiger partial charge in [-0.15, -0.1) is 11.3 Å². The number of nitrogens with zero attached hydrogens (tertiary/aromatic N) is 1. The Labute approximate surface area is 309 Å². The van der Waals surface area contributed by atoms with Crippen LogP contribution in [0.2, 0.25) is 0 Å². The van der Waals surface area contributed by atoms with Gasteiger partial charge in [0.1, 0.15) is 17.0 Å². The number of alkyl carbamates (subject to hydrolysis) is 1. The van der Waals surface area contributed by atoms with Crippen molar-refractivity contribution in [2.75, 3.05) is 6.54 Å². The Balaban J connectivity index is 1.22. The van der Waals surface area contributed by atoms with Crippen molar-refractivity contribution in [3.63, 3.8) is 0 Å². The highest BCUT2D eigenvalue weighted by molar-refractivity contribution is 7.90. The van der Waals surface area contributed by atoms with Crippen LogP contribution in [0.15, 0.2) is 29.2 Å². The average Bonchev–Trinajstić information content (AvgIpc) is 3.76. The molecule has 1 saturated carbocycles. The molecule has 1 unspecified atom stereocenters. The minimum Gasteiger partial charge on any atom is -0.487 e. The van der Waals surface area contributed by atoms with Crippen LogP contribution in [-0.4, -0.2) is 67.0 Å². The summed E-state index contributed by atoms with van der Waals surface area (Å²) < 4.78 is 41.9. The zero-order chi connectivity index (χ0) is 38.2. The second-order valence-electron chi connectivity index (χ2n) is 15.4. The van der Waals surface area contributed by atoms with Gasteiger partial charge < -0.3 is 25.4 Å². The van der Waals surface area contributed by atoms with E-state index >= 15 is 0 Å². The van der Waals surface area contributed by atoms with Crippen LogP contribution < -0.4 is 25.4 Å². The monoisotopic (exact) mass is 754 g/mol. The van der Waals surface area contributed by atoms with Gasteiger partial charge in [0.2, 0.25) is 17.6 Å². The average molecular weight is 755 g/mol. The van der Waals surface area contributed by atoms with Gasteiger partial charge in [0, 0.05) is 30.5 Å². The SMILES string of the molecule is Cc1c(C)c(S(=O)(=O)NC(=N)NCCCC(NC(=O)[C@H]2CC[C@@H](NC(=O)OC(C)(C)C)C2)C(=O)c2nc3ccccc3s2)c(C)c2c1OC(C)(C)C2. The third-order valence-electron chi connectivity index (χ3n) is 9.43. The van der Waals surface area contributed by atoms with Crippen LogP contribution in [0.5, 0.6) is 5.75 Å². The molecule has 15 heteroatoms. The van der Waals surface area contributed by atoms with E-state index in [0.29, 0.717) is 48.7 Å². The first-order valence-corrected chi connectivity index (χ1v) is 19.9. The van der Waals surface area contributed by atoms with Gasteiger partial charge in [0.15, 0.2) is 5.01 Å². The molecule has 2 heterocycles. The van der Waals surface area contributed by atoms with Crippen molar-refractivity contribution in [3.05, 3.63) is 51.5 Å². The van der Waals surface area contributed by atoms with E-state index in [1.807, 2.05) is 45.0 Å². The van der Waals surface area contributed by atoms with Gasteiger partial charge in [0.25, 0.3) is 10.0 Å². The number of ether oxygens (including phenoxy) is 2. The number of carbonyl (C=O) groups is 3. The number of nitrogens with one attached hydrogen (secondary N) is 5. The number of guanidine groups is 1. The molecule has 1 fully saturated rings. The Morgan fingerprint density at radius 2 is 1.81 bits per heavy atom. The Hall–Kier alpha value is -4.24. The van der Waals surface area contributed by atoms with Gasteiger partial charge in [-0.2, -0.15) is 0 Å². The van der Waals surface area contributed by atoms with Crippen molar-refractivity contribution in [1.82, 2.24) is 25.7 Å². The van der Waals surface area contributed by atoms with Gasteiger partial charge in [-0.1, -0.05) is 12.1 Å². The normalized spacial score (nSPS) is 18.6. The molecule has 5 rings (SSSR count). The summed E-state index contributed by atoms with van der Waals surface area (Å²) in [5.41, 5.74) is 2.38. The summed E-state index contributed by atoms with van der Waals surface area (Å²) in [7, 11) is -4.11. The highest BCUT2D eigenvalue weighted by Crippen LogP contribution is 2.43. The molecule has 3 atom stereocenters. The van der Waals surface area contributed by atoms with E-state index in [9.17, 15) is 22.8 Å². The van der Waals surface area contributed by atoms with E-state index < -0.39 is 45.2 Å². The summed E-state index contributed by atoms with van der Waals surface area (Å²) in [5.74, 6) is -0.693. The second kappa shape index (κ2) is 15.0. The van der Waals surface area contributed by atoms with E-state index in [-0.39, 0.29) is 40.6 Å². The minimum atomic E-state index is -4.11. The molecule has 1 aliphatic heterocycles. The molecule has 5 N–H and O–H groups in total. The number of para-hydroxylation sites is 1. The maximum Gasteiger partial charge on any atom is 0.407 e. The van der Waals surface area contributed by atoms with E-state index in [1.165, 1.54) is 11.3 Å². The second-order valence-corrected chi connectivity index (χ2v) is 18.0. The summed E-state index contributed by atoms with van der Waals surface area (Å²) in [6.45, 7) is 14.8. The molecule has 0 saturated heterocycles. The van der Waals surface area contributed by atoms with Crippen LogP contribution >= 0.6 is 11.3 Å². The number of rotatable bonds is 11. The lowest BCUT2D eigenvalue weighted by Crippen LogP contribution is -2.45. The summed E-state index contributed by atoms with van der Waals surface area (Å²) in [6.07, 6.45) is 2.16. The van der Waals surface area contributed by atoms with Crippen molar-refractivity contribution in [1.29, 1.82) is 5.41 Å². The molecular formula is C37H50N6O7S2. The Kier molecular flexibility index (Phi) is 11.3. The number of amides is 2. The lowest BCUT2D eigenvalue weighted by atomic mass is 9.94. The van der Waals surface area contributed by atoms with Crippen LogP contribution in [0.25, 0.3) is 10.2 Å². The number of hydrogen-bond donors (Lipinski definition) is 5. The highest BCUT2D eigenvalue weighted by atomic mass is 32.2. The number of aromatic nitrogens is 1. The zero-order valence-corrected chi connectivity index (χ0v) is 32.7. The van der Waals surface area contributed by atoms with Gasteiger partial charge in [-0.3, -0.25) is 15.0 Å². The lowest BCUT2D eigenvalue weighted by Gasteiger charge is -2.22. The topological polar surface area (TPSA) is 189 Å². The summed E-state index contributed by atoms with van der Waals surface area (Å²) in [4.78, 5) is 44.2. The maximum absolute atomic E-state index is 13.8. The van der Waals surface area contributed by atoms with Crippen LogP contribution in [0.4, 0.5) is 4.79 Å². The molecule has 0 spiro atoms. The quantitative estimate of drug-likeness (QED) is 0.0721. The third kappa shape index (κ3) is 9.03. The number of fused-ring (bicyclic) bond motifs is 2. The first-order chi connectivity index (χ1) is 24.2. The molecular weight excluding hydrogens is 705 g/mol. The number of ketones is 1. The molecule has 1 aliphatic carbocycles. The predicted molar refractivity (Wildman–Crippen MR) is 201 cm³/mol. The van der Waals surface area contributed by atoms with E-state index in [1.54, 1.807) is 34.6 Å². The standard InChI is InChI=1S/C37H50N6O7S2/c1-20-21(2)31(22(3)25-19-37(7,8)49-30(20)25)52(47,48)43-34(38)39-17-11-13-27(29(44)33-42-26-12-9-10-14-28(26)51-33)41-32(45)23-15-16-24(18-23)40-35(46)50-36(4,5)6/h9-10,12,14,23-24,27H,11,13,15-19H2,1-8H3,(H,40,46)(H,41,45)(H3,38,39,43)/t23-,24+,27?/m0/s1. The number of benzene rings is 2. The van der Waals surface area contributed by atoms with Crippen molar-refractivity contribution >= 4 is 55.3 Å². The largest absolute Gasteiger partial charge is 0.487 e. The van der Waals surface area contributed by atoms with Crippen LogP contribution in [0.3, 0.4) is 0 Å². The molecule has 2 aromatic carbocycles. The molecule has 52 heavy (non-hydrogen) atoms. The smallest absolute Gasteiger partial charge is 0.407 e. The molecule has 282 valence electrons. The number of sulfonamides is 1. The third-order valence-corrected chi connectivity index (χ3v) is 12.1. The number of Topliss-reactive ketones (excluding diaryl/α,β-unsaturated/α-hetero) is 1. The Bertz CT molecular complexity index is 1970. The van der Waals surface area contributed by atoms with Crippen LogP contribution in [0.1, 0.15) is 98.8 Å². The van der Waals surface area contributed by atoms with Crippen LogP contribution in [0, 0.1) is 32.1 Å². The van der Waals surface area contributed by atoms with E-state index in [0.717, 1.165) is 21.6 Å². The molecule has 13 nitrogen and oxygen atoms in total. The number of thiazole rings is 1. The molecule has 3 aromatic rings. The summed E-state index contributed by atoms with van der Waals surface area (Å²) in [5, 5.41) is 17.3. The van der Waals surface area contributed by atoms with Gasteiger partial charge in [0.05, 0.1) is 21.2 Å². The minimum absolute atomic E-state index is 0.135. The number of hydrogen-bond acceptors (Lipinski definition) is 10.